The zero-order valence-electron chi connectivity index (χ0n) is 13.7. The van der Waals surface area contributed by atoms with Crippen LogP contribution < -0.4 is 10.2 Å². The zero-order chi connectivity index (χ0) is 15.7. The highest BCUT2D eigenvalue weighted by Crippen LogP contribution is 2.18. The Bertz CT molecular complexity index is 422. The number of hydrogen-bond acceptors (Lipinski definition) is 4. The minimum atomic E-state index is -0.709. The molecular formula is C17H28N2O2. The molecule has 21 heavy (non-hydrogen) atoms. The van der Waals surface area contributed by atoms with E-state index in [-0.39, 0.29) is 5.97 Å². The summed E-state index contributed by atoms with van der Waals surface area (Å²) in [5.41, 5.74) is 0.427. The number of likely N-dealkylation sites (N-methyl/N-ethyl adjacent to an activating group) is 1. The Morgan fingerprint density at radius 3 is 2.48 bits per heavy atom. The SMILES string of the molecule is CCCCN(CC(C)(NC)C(=O)OCC)c1ccccc1. The van der Waals surface area contributed by atoms with Gasteiger partial charge in [-0.1, -0.05) is 31.5 Å². The van der Waals surface area contributed by atoms with E-state index in [1.165, 1.54) is 0 Å². The summed E-state index contributed by atoms with van der Waals surface area (Å²) in [6.45, 7) is 7.82. The van der Waals surface area contributed by atoms with Crippen LogP contribution in [0.5, 0.6) is 0 Å². The Hall–Kier alpha value is -1.55. The number of rotatable bonds is 9. The topological polar surface area (TPSA) is 41.6 Å². The van der Waals surface area contributed by atoms with Crippen LogP contribution >= 0.6 is 0 Å². The quantitative estimate of drug-likeness (QED) is 0.711. The summed E-state index contributed by atoms with van der Waals surface area (Å²) in [5.74, 6) is -0.204. The van der Waals surface area contributed by atoms with Crippen LogP contribution in [0, 0.1) is 0 Å². The van der Waals surface area contributed by atoms with Crippen LogP contribution in [0.25, 0.3) is 0 Å². The molecule has 0 aliphatic carbocycles. The molecule has 1 atom stereocenters. The molecule has 1 unspecified atom stereocenters. The molecule has 0 radical (unpaired) electrons. The first-order chi connectivity index (χ1) is 10.1. The number of para-hydroxylation sites is 1. The van der Waals surface area contributed by atoms with Crippen LogP contribution in [0.15, 0.2) is 30.3 Å². The van der Waals surface area contributed by atoms with Crippen molar-refractivity contribution >= 4 is 11.7 Å². The van der Waals surface area contributed by atoms with Gasteiger partial charge >= 0.3 is 5.97 Å². The van der Waals surface area contributed by atoms with Gasteiger partial charge in [-0.15, -0.1) is 0 Å². The maximum Gasteiger partial charge on any atom is 0.327 e. The van der Waals surface area contributed by atoms with Gasteiger partial charge in [0.1, 0.15) is 5.54 Å². The van der Waals surface area contributed by atoms with Crippen LogP contribution in [0.2, 0.25) is 0 Å². The predicted molar refractivity (Wildman–Crippen MR) is 87.7 cm³/mol. The van der Waals surface area contributed by atoms with E-state index in [9.17, 15) is 4.79 Å². The molecule has 0 aromatic heterocycles. The van der Waals surface area contributed by atoms with Crippen molar-refractivity contribution < 1.29 is 9.53 Å². The number of nitrogens with one attached hydrogen (secondary N) is 1. The maximum absolute atomic E-state index is 12.2. The van der Waals surface area contributed by atoms with E-state index in [4.69, 9.17) is 4.74 Å². The van der Waals surface area contributed by atoms with Crippen LogP contribution in [0.3, 0.4) is 0 Å². The van der Waals surface area contributed by atoms with Gasteiger partial charge in [-0.25, -0.2) is 4.79 Å². The van der Waals surface area contributed by atoms with Crippen molar-refractivity contribution in [2.75, 3.05) is 31.6 Å². The van der Waals surface area contributed by atoms with Crippen molar-refractivity contribution in [3.63, 3.8) is 0 Å². The molecule has 0 amide bonds. The van der Waals surface area contributed by atoms with Gasteiger partial charge in [-0.05, 0) is 39.4 Å². The summed E-state index contributed by atoms with van der Waals surface area (Å²) in [7, 11) is 1.81. The van der Waals surface area contributed by atoms with E-state index in [1.807, 2.05) is 32.0 Å². The van der Waals surface area contributed by atoms with Crippen molar-refractivity contribution in [2.24, 2.45) is 0 Å². The third kappa shape index (κ3) is 5.05. The van der Waals surface area contributed by atoms with Gasteiger partial charge in [0.15, 0.2) is 0 Å². The lowest BCUT2D eigenvalue weighted by Gasteiger charge is -2.35. The summed E-state index contributed by atoms with van der Waals surface area (Å²) < 4.78 is 5.21. The van der Waals surface area contributed by atoms with Crippen molar-refractivity contribution in [3.05, 3.63) is 30.3 Å². The van der Waals surface area contributed by atoms with Gasteiger partial charge in [0.05, 0.1) is 6.61 Å². The average molecular weight is 292 g/mol. The summed E-state index contributed by atoms with van der Waals surface area (Å²) in [4.78, 5) is 14.5. The van der Waals surface area contributed by atoms with Gasteiger partial charge in [0.25, 0.3) is 0 Å². The standard InChI is InChI=1S/C17H28N2O2/c1-5-7-13-19(15-11-9-8-10-12-15)14-17(3,18-4)16(20)21-6-2/h8-12,18H,5-7,13-14H2,1-4H3. The van der Waals surface area contributed by atoms with E-state index >= 15 is 0 Å². The van der Waals surface area contributed by atoms with Crippen molar-refractivity contribution in [2.45, 2.75) is 39.2 Å². The fraction of sp³-hybridized carbons (Fsp3) is 0.588. The van der Waals surface area contributed by atoms with E-state index in [2.05, 4.69) is 29.3 Å². The first kappa shape index (κ1) is 17.5. The van der Waals surface area contributed by atoms with E-state index < -0.39 is 5.54 Å². The monoisotopic (exact) mass is 292 g/mol. The molecular weight excluding hydrogens is 264 g/mol. The average Bonchev–Trinajstić information content (AvgIpc) is 2.52. The van der Waals surface area contributed by atoms with Gasteiger partial charge in [0.2, 0.25) is 0 Å². The summed E-state index contributed by atoms with van der Waals surface area (Å²) in [6.07, 6.45) is 2.22. The number of nitrogens with zero attached hydrogens (tertiary/aromatic N) is 1. The second-order valence-corrected chi connectivity index (χ2v) is 5.41. The minimum absolute atomic E-state index is 0.204. The van der Waals surface area contributed by atoms with Crippen molar-refractivity contribution in [1.82, 2.24) is 5.32 Å². The fourth-order valence-electron chi connectivity index (χ4n) is 2.20. The molecule has 0 fully saturated rings. The van der Waals surface area contributed by atoms with Crippen molar-refractivity contribution in [3.8, 4) is 0 Å². The molecule has 0 heterocycles. The number of esters is 1. The fourth-order valence-corrected chi connectivity index (χ4v) is 2.20. The summed E-state index contributed by atoms with van der Waals surface area (Å²) >= 11 is 0. The highest BCUT2D eigenvalue weighted by molar-refractivity contribution is 5.81. The molecule has 0 aliphatic rings. The number of hydrogen-bond donors (Lipinski definition) is 1. The number of anilines is 1. The highest BCUT2D eigenvalue weighted by atomic mass is 16.5. The Labute approximate surface area is 128 Å². The van der Waals surface area contributed by atoms with Gasteiger partial charge in [-0.3, -0.25) is 0 Å². The Balaban J connectivity index is 2.90. The smallest absolute Gasteiger partial charge is 0.327 e. The first-order valence-corrected chi connectivity index (χ1v) is 7.73. The normalized spacial score (nSPS) is 13.5. The lowest BCUT2D eigenvalue weighted by atomic mass is 10.0. The Kier molecular flexibility index (Phi) is 7.23. The molecule has 1 N–H and O–H groups in total. The molecule has 0 saturated carbocycles. The summed E-state index contributed by atoms with van der Waals surface area (Å²) in [6, 6.07) is 10.2. The minimum Gasteiger partial charge on any atom is -0.465 e. The Morgan fingerprint density at radius 2 is 1.95 bits per heavy atom. The molecule has 0 aliphatic heterocycles. The number of benzene rings is 1. The largest absolute Gasteiger partial charge is 0.465 e. The molecule has 118 valence electrons. The third-order valence-corrected chi connectivity index (χ3v) is 3.69. The van der Waals surface area contributed by atoms with Crippen LogP contribution in [0.1, 0.15) is 33.6 Å². The lowest BCUT2D eigenvalue weighted by molar-refractivity contribution is -0.149. The van der Waals surface area contributed by atoms with Crippen LogP contribution in [0.4, 0.5) is 5.69 Å². The number of carbonyl (C=O) groups is 1. The summed E-state index contributed by atoms with van der Waals surface area (Å²) in [5, 5.41) is 3.12. The molecule has 4 heteroatoms. The predicted octanol–water partition coefficient (Wildman–Crippen LogP) is 2.83. The zero-order valence-corrected chi connectivity index (χ0v) is 13.7. The molecule has 1 aromatic carbocycles. The third-order valence-electron chi connectivity index (χ3n) is 3.69. The van der Waals surface area contributed by atoms with E-state index in [0.29, 0.717) is 13.2 Å². The number of ether oxygens (including phenoxy) is 1. The first-order valence-electron chi connectivity index (χ1n) is 7.73. The van der Waals surface area contributed by atoms with Crippen molar-refractivity contribution in [1.29, 1.82) is 0 Å². The maximum atomic E-state index is 12.2. The number of unbranched alkanes of at least 4 members (excludes halogenated alkanes) is 1. The molecule has 4 nitrogen and oxygen atoms in total. The molecule has 1 aromatic rings. The van der Waals surface area contributed by atoms with E-state index in [0.717, 1.165) is 25.1 Å². The van der Waals surface area contributed by atoms with Gasteiger partial charge in [0, 0.05) is 18.8 Å². The van der Waals surface area contributed by atoms with Crippen LogP contribution in [-0.4, -0.2) is 38.3 Å². The number of carbonyl (C=O) groups excluding carboxylic acids is 1. The van der Waals surface area contributed by atoms with Gasteiger partial charge < -0.3 is 15.0 Å². The molecule has 1 rings (SSSR count). The second kappa shape index (κ2) is 8.67. The Morgan fingerprint density at radius 1 is 1.29 bits per heavy atom. The lowest BCUT2D eigenvalue weighted by Crippen LogP contribution is -2.56. The molecule has 0 saturated heterocycles. The van der Waals surface area contributed by atoms with Gasteiger partial charge in [-0.2, -0.15) is 0 Å². The highest BCUT2D eigenvalue weighted by Gasteiger charge is 2.35. The van der Waals surface area contributed by atoms with E-state index in [1.54, 1.807) is 7.05 Å². The molecule has 0 spiro atoms. The second-order valence-electron chi connectivity index (χ2n) is 5.41. The molecule has 0 bridgehead atoms. The van der Waals surface area contributed by atoms with Crippen LogP contribution in [-0.2, 0) is 9.53 Å².